The number of methoxy groups -OCH3 is 2. The van der Waals surface area contributed by atoms with Gasteiger partial charge in [-0.1, -0.05) is 24.3 Å². The fraction of sp³-hybridized carbons (Fsp3) is 0.340. The molecule has 8 rings (SSSR count). The lowest BCUT2D eigenvalue weighted by Crippen LogP contribution is -3.00. The van der Waals surface area contributed by atoms with Crippen molar-refractivity contribution in [1.29, 1.82) is 0 Å². The molecule has 2 aliphatic rings. The monoisotopic (exact) mass is 919 g/mol. The van der Waals surface area contributed by atoms with Gasteiger partial charge in [0, 0.05) is 84.4 Å². The fourth-order valence-electron chi connectivity index (χ4n) is 7.48. The van der Waals surface area contributed by atoms with Crippen molar-refractivity contribution in [3.63, 3.8) is 0 Å². The Kier molecular flexibility index (Phi) is 15.1. The molecule has 0 unspecified atom stereocenters. The van der Waals surface area contributed by atoms with Gasteiger partial charge in [0.05, 0.1) is 25.6 Å². The van der Waals surface area contributed by atoms with Crippen molar-refractivity contribution in [3.8, 4) is 56.5 Å². The zero-order chi connectivity index (χ0) is 41.2. The van der Waals surface area contributed by atoms with Gasteiger partial charge in [0.15, 0.2) is 11.6 Å². The van der Waals surface area contributed by atoms with Crippen LogP contribution >= 0.6 is 0 Å². The van der Waals surface area contributed by atoms with Crippen molar-refractivity contribution in [2.24, 2.45) is 0 Å². The largest absolute Gasteiger partial charge is 1.00 e. The number of ether oxygens (including phenoxy) is 3. The van der Waals surface area contributed by atoms with E-state index in [1.54, 1.807) is 43.9 Å². The second kappa shape index (κ2) is 20.6. The Bertz CT molecular complexity index is 2310. The molecule has 312 valence electrons. The van der Waals surface area contributed by atoms with Crippen LogP contribution in [-0.4, -0.2) is 86.9 Å². The first-order valence-electron chi connectivity index (χ1n) is 20.2. The Morgan fingerprint density at radius 1 is 0.650 bits per heavy atom. The number of likely N-dealkylation sites (tertiary alicyclic amines) is 1. The summed E-state index contributed by atoms with van der Waals surface area (Å²) in [6.07, 6.45) is 14.4. The van der Waals surface area contributed by atoms with Gasteiger partial charge in [-0.25, -0.2) is 24.7 Å². The minimum atomic E-state index is -0.500. The highest BCUT2D eigenvalue weighted by Crippen LogP contribution is 2.37. The average molecular weight is 920 g/mol. The van der Waals surface area contributed by atoms with Crippen LogP contribution in [0.1, 0.15) is 69.7 Å². The third-order valence-electron chi connectivity index (χ3n) is 10.5. The van der Waals surface area contributed by atoms with Crippen molar-refractivity contribution in [2.45, 2.75) is 63.9 Å². The second-order valence-electron chi connectivity index (χ2n) is 15.7. The maximum atomic E-state index is 12.5. The van der Waals surface area contributed by atoms with Crippen molar-refractivity contribution in [3.05, 3.63) is 121 Å². The van der Waals surface area contributed by atoms with Gasteiger partial charge in [-0.2, -0.15) is 0 Å². The van der Waals surface area contributed by atoms with Crippen molar-refractivity contribution < 1.29 is 43.0 Å². The summed E-state index contributed by atoms with van der Waals surface area (Å²) in [6.45, 7) is 8.98. The van der Waals surface area contributed by atoms with E-state index in [2.05, 4.69) is 37.4 Å². The Morgan fingerprint density at radius 3 is 1.53 bits per heavy atom. The number of aromatic nitrogens is 6. The number of carbonyl (C=O) groups is 1. The summed E-state index contributed by atoms with van der Waals surface area (Å²) >= 11 is 0. The van der Waals surface area contributed by atoms with Gasteiger partial charge in [0.25, 0.3) is 0 Å². The first-order chi connectivity index (χ1) is 28.7. The third-order valence-corrected chi connectivity index (χ3v) is 10.5. The predicted octanol–water partition coefficient (Wildman–Crippen LogP) is 6.01. The van der Waals surface area contributed by atoms with Crippen LogP contribution < -0.4 is 38.8 Å². The molecule has 0 bridgehead atoms. The zero-order valence-corrected chi connectivity index (χ0v) is 37.0. The average Bonchev–Trinajstić information content (AvgIpc) is 3.29. The van der Waals surface area contributed by atoms with Gasteiger partial charge in [-0.05, 0) is 119 Å². The van der Waals surface area contributed by atoms with Crippen LogP contribution in [0.15, 0.2) is 110 Å². The molecule has 0 spiro atoms. The predicted molar refractivity (Wildman–Crippen MR) is 229 cm³/mol. The first-order valence-corrected chi connectivity index (χ1v) is 20.2. The molecule has 2 saturated heterocycles. The maximum absolute atomic E-state index is 12.5. The van der Waals surface area contributed by atoms with Crippen molar-refractivity contribution >= 4 is 6.09 Å². The van der Waals surface area contributed by atoms with Crippen molar-refractivity contribution in [2.75, 3.05) is 40.4 Å². The molecule has 0 saturated carbocycles. The lowest BCUT2D eigenvalue weighted by atomic mass is 9.89. The lowest BCUT2D eigenvalue weighted by molar-refractivity contribution is -0.0000628. The summed E-state index contributed by atoms with van der Waals surface area (Å²) in [5.74, 6) is 3.70. The van der Waals surface area contributed by atoms with Crippen LogP contribution in [0.5, 0.6) is 11.5 Å². The molecule has 60 heavy (non-hydrogen) atoms. The number of piperidine rings is 2. The highest BCUT2D eigenvalue weighted by molar-refractivity contribution is 5.71. The summed E-state index contributed by atoms with van der Waals surface area (Å²) < 4.78 is 16.4. The van der Waals surface area contributed by atoms with E-state index < -0.39 is 5.60 Å². The zero-order valence-electron chi connectivity index (χ0n) is 34.8. The smallest absolute Gasteiger partial charge is 0.410 e. The Hall–Kier alpha value is -5.54. The van der Waals surface area contributed by atoms with Gasteiger partial charge < -0.3 is 48.4 Å². The van der Waals surface area contributed by atoms with Gasteiger partial charge >= 0.3 is 6.09 Å². The van der Waals surface area contributed by atoms with E-state index in [-0.39, 0.29) is 36.0 Å². The molecule has 4 aromatic heterocycles. The number of halogens is 1. The third kappa shape index (κ3) is 11.2. The quantitative estimate of drug-likeness (QED) is 0.180. The SMILES string of the molecule is COc1cccc(-c2cnc(-c3ccncc3)nc2C2CCN(C(=O)OC(C)(C)C)CC2)c1.COc1cccc(-c2cnc(-c3ccncc3)nc2C2CCNCC2)c1.[I-]. The van der Waals surface area contributed by atoms with E-state index in [4.69, 9.17) is 24.2 Å². The minimum absolute atomic E-state index is 0. The van der Waals surface area contributed by atoms with Crippen LogP contribution in [-0.2, 0) is 4.74 Å². The number of rotatable bonds is 8. The molecule has 13 heteroatoms. The number of hydrogen-bond donors (Lipinski definition) is 1. The molecule has 0 aliphatic carbocycles. The standard InChI is InChI=1S/C26H30N4O3.C21H22N4O.HI/c1-26(2,3)33-25(31)30-14-10-18(11-15-30)23-22(20-6-5-7-21(16-20)32-4)17-28-24(29-23)19-8-12-27-13-9-19;1-26-18-4-2-3-17(13-18)19-14-24-21(16-7-11-23-12-8-16)25-20(19)15-5-9-22-10-6-15;/h5-9,12-13,16-18H,10-11,14-15H2,1-4H3;2-4,7-8,11-15,22H,5-6,9-10H2,1H3;1H/p-1. The molecule has 6 heterocycles. The van der Waals surface area contributed by atoms with Gasteiger partial charge in [0.1, 0.15) is 17.1 Å². The van der Waals surface area contributed by atoms with Gasteiger partial charge in [-0.15, -0.1) is 0 Å². The Balaban J connectivity index is 0.000000203. The summed E-state index contributed by atoms with van der Waals surface area (Å²) in [6, 6.07) is 23.8. The normalized spacial score (nSPS) is 14.6. The van der Waals surface area contributed by atoms with E-state index in [0.29, 0.717) is 24.8 Å². The van der Waals surface area contributed by atoms with E-state index in [1.807, 2.05) is 93.8 Å². The highest BCUT2D eigenvalue weighted by Gasteiger charge is 2.30. The summed E-state index contributed by atoms with van der Waals surface area (Å²) in [4.78, 5) is 41.8. The number of carbonyl (C=O) groups excluding carboxylic acids is 1. The maximum Gasteiger partial charge on any atom is 0.410 e. The van der Waals surface area contributed by atoms with Crippen LogP contribution in [0.2, 0.25) is 0 Å². The number of amides is 1. The Labute approximate surface area is 369 Å². The molecule has 0 atom stereocenters. The molecule has 12 nitrogen and oxygen atoms in total. The molecular formula is C47H52IN8O4-. The first kappa shape index (κ1) is 44.0. The number of nitrogens with zero attached hydrogens (tertiary/aromatic N) is 7. The van der Waals surface area contributed by atoms with Crippen molar-refractivity contribution in [1.82, 2.24) is 40.1 Å². The second-order valence-corrected chi connectivity index (χ2v) is 15.7. The van der Waals surface area contributed by atoms with E-state index in [0.717, 1.165) is 101 Å². The topological polar surface area (TPSA) is 137 Å². The molecule has 2 fully saturated rings. The summed E-state index contributed by atoms with van der Waals surface area (Å²) in [7, 11) is 3.35. The van der Waals surface area contributed by atoms with Crippen LogP contribution in [0.4, 0.5) is 4.79 Å². The number of nitrogens with one attached hydrogen (secondary N) is 1. The Morgan fingerprint density at radius 2 is 1.10 bits per heavy atom. The van der Waals surface area contributed by atoms with Crippen LogP contribution in [0.25, 0.3) is 45.0 Å². The molecule has 2 aliphatic heterocycles. The summed E-state index contributed by atoms with van der Waals surface area (Å²) in [5, 5.41) is 3.44. The van der Waals surface area contributed by atoms with Crippen LogP contribution in [0, 0.1) is 0 Å². The van der Waals surface area contributed by atoms with Crippen LogP contribution in [0.3, 0.4) is 0 Å². The fourth-order valence-corrected chi connectivity index (χ4v) is 7.48. The molecule has 1 amide bonds. The lowest BCUT2D eigenvalue weighted by Gasteiger charge is -2.33. The minimum Gasteiger partial charge on any atom is -1.00 e. The van der Waals surface area contributed by atoms with E-state index >= 15 is 0 Å². The molecule has 1 N–H and O–H groups in total. The molecular weight excluding hydrogens is 867 g/mol. The van der Waals surface area contributed by atoms with Gasteiger partial charge in [0.2, 0.25) is 0 Å². The van der Waals surface area contributed by atoms with E-state index in [9.17, 15) is 4.79 Å². The number of benzene rings is 2. The number of pyridine rings is 2. The molecule has 2 aromatic carbocycles. The van der Waals surface area contributed by atoms with Gasteiger partial charge in [-0.3, -0.25) is 9.97 Å². The number of hydrogen-bond acceptors (Lipinski definition) is 11. The summed E-state index contributed by atoms with van der Waals surface area (Å²) in [5.41, 5.74) is 7.73. The molecule has 0 radical (unpaired) electrons. The van der Waals surface area contributed by atoms with E-state index in [1.165, 1.54) is 0 Å². The highest BCUT2D eigenvalue weighted by atomic mass is 127. The molecule has 6 aromatic rings.